The van der Waals surface area contributed by atoms with E-state index >= 15 is 0 Å². The molecule has 4 nitrogen and oxygen atoms in total. The molecular weight excluding hydrogens is 312 g/mol. The molecule has 0 aromatic heterocycles. The Balaban J connectivity index is 1.96. The van der Waals surface area contributed by atoms with Crippen LogP contribution in [0.1, 0.15) is 44.4 Å². The Kier molecular flexibility index (Phi) is 6.45. The molecule has 1 unspecified atom stereocenters. The third-order valence-electron chi connectivity index (χ3n) is 3.94. The maximum atomic E-state index is 12.4. The fourth-order valence-corrected chi connectivity index (χ4v) is 2.68. The van der Waals surface area contributed by atoms with Crippen LogP contribution in [0.15, 0.2) is 54.6 Å². The molecule has 0 aliphatic carbocycles. The molecule has 0 heterocycles. The molecule has 4 heteroatoms. The third kappa shape index (κ3) is 6.49. The normalized spacial score (nSPS) is 12.3. The number of methoxy groups -OCH3 is 1. The molecule has 1 atom stereocenters. The minimum absolute atomic E-state index is 0.0166. The van der Waals surface area contributed by atoms with Gasteiger partial charge in [0, 0.05) is 6.54 Å². The standard InChI is InChI=1S/C21H28N2O2/c1-21(2,3)14-19(17-8-6-5-7-9-17)23-20(24)22-15-16-10-12-18(25-4)13-11-16/h5-13,19H,14-15H2,1-4H3,(H2,22,23,24). The summed E-state index contributed by atoms with van der Waals surface area (Å²) >= 11 is 0. The average Bonchev–Trinajstić information content (AvgIpc) is 2.59. The number of rotatable bonds is 6. The molecule has 0 saturated carbocycles. The SMILES string of the molecule is COc1ccc(CNC(=O)NC(CC(C)(C)C)c2ccccc2)cc1. The van der Waals surface area contributed by atoms with Crippen LogP contribution in [-0.4, -0.2) is 13.1 Å². The highest BCUT2D eigenvalue weighted by Crippen LogP contribution is 2.29. The van der Waals surface area contributed by atoms with Crippen molar-refractivity contribution in [2.75, 3.05) is 7.11 Å². The van der Waals surface area contributed by atoms with Crippen LogP contribution in [0.2, 0.25) is 0 Å². The van der Waals surface area contributed by atoms with Gasteiger partial charge in [-0.15, -0.1) is 0 Å². The Labute approximate surface area is 150 Å². The molecular formula is C21H28N2O2. The maximum Gasteiger partial charge on any atom is 0.315 e. The van der Waals surface area contributed by atoms with Gasteiger partial charge in [0.1, 0.15) is 5.75 Å². The number of carbonyl (C=O) groups is 1. The molecule has 2 aromatic rings. The summed E-state index contributed by atoms with van der Waals surface area (Å²) in [5, 5.41) is 6.04. The van der Waals surface area contributed by atoms with Crippen molar-refractivity contribution >= 4 is 6.03 Å². The van der Waals surface area contributed by atoms with Crippen molar-refractivity contribution in [2.24, 2.45) is 5.41 Å². The van der Waals surface area contributed by atoms with Gasteiger partial charge in [0.2, 0.25) is 0 Å². The maximum absolute atomic E-state index is 12.4. The van der Waals surface area contributed by atoms with E-state index in [1.807, 2.05) is 42.5 Å². The summed E-state index contributed by atoms with van der Waals surface area (Å²) in [5.41, 5.74) is 2.27. The van der Waals surface area contributed by atoms with Crippen LogP contribution in [0, 0.1) is 5.41 Å². The molecule has 0 fully saturated rings. The first-order valence-corrected chi connectivity index (χ1v) is 8.59. The van der Waals surface area contributed by atoms with Gasteiger partial charge in [-0.2, -0.15) is 0 Å². The largest absolute Gasteiger partial charge is 0.497 e. The zero-order chi connectivity index (χ0) is 18.3. The first-order valence-electron chi connectivity index (χ1n) is 8.59. The van der Waals surface area contributed by atoms with Crippen LogP contribution in [-0.2, 0) is 6.54 Å². The van der Waals surface area contributed by atoms with Gasteiger partial charge in [0.25, 0.3) is 0 Å². The first-order chi connectivity index (χ1) is 11.9. The second-order valence-electron chi connectivity index (χ2n) is 7.40. The summed E-state index contributed by atoms with van der Waals surface area (Å²) in [5.74, 6) is 0.808. The average molecular weight is 340 g/mol. The summed E-state index contributed by atoms with van der Waals surface area (Å²) in [6, 6.07) is 17.6. The second kappa shape index (κ2) is 8.56. The number of carbonyl (C=O) groups excluding carboxylic acids is 1. The van der Waals surface area contributed by atoms with E-state index in [9.17, 15) is 4.79 Å². The monoisotopic (exact) mass is 340 g/mol. The minimum atomic E-state index is -0.158. The summed E-state index contributed by atoms with van der Waals surface area (Å²) in [7, 11) is 1.64. The predicted octanol–water partition coefficient (Wildman–Crippen LogP) is 4.67. The summed E-state index contributed by atoms with van der Waals surface area (Å²) in [4.78, 5) is 12.4. The number of hydrogen-bond acceptors (Lipinski definition) is 2. The summed E-state index contributed by atoms with van der Waals surface area (Å²) in [6.07, 6.45) is 0.868. The Morgan fingerprint density at radius 1 is 1.04 bits per heavy atom. The van der Waals surface area contributed by atoms with E-state index in [0.29, 0.717) is 6.54 Å². The highest BCUT2D eigenvalue weighted by atomic mass is 16.5. The van der Waals surface area contributed by atoms with Crippen molar-refractivity contribution in [3.8, 4) is 5.75 Å². The smallest absolute Gasteiger partial charge is 0.315 e. The van der Waals surface area contributed by atoms with Crippen LogP contribution >= 0.6 is 0 Å². The minimum Gasteiger partial charge on any atom is -0.497 e. The molecule has 0 aliphatic heterocycles. The van der Waals surface area contributed by atoms with Gasteiger partial charge >= 0.3 is 6.03 Å². The molecule has 134 valence electrons. The van der Waals surface area contributed by atoms with Gasteiger partial charge in [-0.05, 0) is 35.1 Å². The van der Waals surface area contributed by atoms with Crippen molar-refractivity contribution in [1.82, 2.24) is 10.6 Å². The van der Waals surface area contributed by atoms with Gasteiger partial charge in [-0.25, -0.2) is 4.79 Å². The van der Waals surface area contributed by atoms with Crippen LogP contribution in [0.5, 0.6) is 5.75 Å². The Bertz CT molecular complexity index is 661. The number of nitrogens with one attached hydrogen (secondary N) is 2. The van der Waals surface area contributed by atoms with Crippen molar-refractivity contribution in [3.05, 3.63) is 65.7 Å². The zero-order valence-corrected chi connectivity index (χ0v) is 15.5. The van der Waals surface area contributed by atoms with Gasteiger partial charge in [0.15, 0.2) is 0 Å². The number of urea groups is 1. The Morgan fingerprint density at radius 3 is 2.24 bits per heavy atom. The molecule has 2 amide bonds. The van der Waals surface area contributed by atoms with E-state index in [1.54, 1.807) is 7.11 Å². The number of benzene rings is 2. The van der Waals surface area contributed by atoms with E-state index < -0.39 is 0 Å². The van der Waals surface area contributed by atoms with Crippen molar-refractivity contribution in [1.29, 1.82) is 0 Å². The Morgan fingerprint density at radius 2 is 1.68 bits per heavy atom. The fraction of sp³-hybridized carbons (Fsp3) is 0.381. The number of hydrogen-bond donors (Lipinski definition) is 2. The molecule has 2 N–H and O–H groups in total. The molecule has 0 radical (unpaired) electrons. The van der Waals surface area contributed by atoms with E-state index in [4.69, 9.17) is 4.74 Å². The molecule has 0 saturated heterocycles. The van der Waals surface area contributed by atoms with Crippen molar-refractivity contribution < 1.29 is 9.53 Å². The van der Waals surface area contributed by atoms with Crippen LogP contribution < -0.4 is 15.4 Å². The predicted molar refractivity (Wildman–Crippen MR) is 102 cm³/mol. The summed E-state index contributed by atoms with van der Waals surface area (Å²) < 4.78 is 5.14. The second-order valence-corrected chi connectivity index (χ2v) is 7.40. The van der Waals surface area contributed by atoms with Gasteiger partial charge < -0.3 is 15.4 Å². The lowest BCUT2D eigenvalue weighted by Gasteiger charge is -2.27. The molecule has 0 aliphatic rings. The van der Waals surface area contributed by atoms with E-state index in [2.05, 4.69) is 43.5 Å². The van der Waals surface area contributed by atoms with Crippen molar-refractivity contribution in [3.63, 3.8) is 0 Å². The quantitative estimate of drug-likeness (QED) is 0.803. The molecule has 25 heavy (non-hydrogen) atoms. The molecule has 2 rings (SSSR count). The van der Waals surface area contributed by atoms with Crippen molar-refractivity contribution in [2.45, 2.75) is 39.8 Å². The lowest BCUT2D eigenvalue weighted by molar-refractivity contribution is 0.230. The van der Waals surface area contributed by atoms with E-state index in [-0.39, 0.29) is 17.5 Å². The van der Waals surface area contributed by atoms with Gasteiger partial charge in [-0.3, -0.25) is 0 Å². The zero-order valence-electron chi connectivity index (χ0n) is 15.5. The fourth-order valence-electron chi connectivity index (χ4n) is 2.68. The first kappa shape index (κ1) is 18.8. The highest BCUT2D eigenvalue weighted by Gasteiger charge is 2.21. The lowest BCUT2D eigenvalue weighted by Crippen LogP contribution is -2.38. The third-order valence-corrected chi connectivity index (χ3v) is 3.94. The molecule has 0 spiro atoms. The Hall–Kier alpha value is -2.49. The van der Waals surface area contributed by atoms with Crippen LogP contribution in [0.25, 0.3) is 0 Å². The topological polar surface area (TPSA) is 50.4 Å². The highest BCUT2D eigenvalue weighted by molar-refractivity contribution is 5.74. The number of ether oxygens (including phenoxy) is 1. The molecule has 0 bridgehead atoms. The number of amides is 2. The summed E-state index contributed by atoms with van der Waals surface area (Å²) in [6.45, 7) is 7.02. The molecule has 2 aromatic carbocycles. The lowest BCUT2D eigenvalue weighted by atomic mass is 9.85. The van der Waals surface area contributed by atoms with Crippen LogP contribution in [0.3, 0.4) is 0 Å². The van der Waals surface area contributed by atoms with E-state index in [1.165, 1.54) is 0 Å². The van der Waals surface area contributed by atoms with Gasteiger partial charge in [0.05, 0.1) is 13.2 Å². The van der Waals surface area contributed by atoms with E-state index in [0.717, 1.165) is 23.3 Å². The van der Waals surface area contributed by atoms with Gasteiger partial charge in [-0.1, -0.05) is 63.2 Å². The van der Waals surface area contributed by atoms with Crippen LogP contribution in [0.4, 0.5) is 4.79 Å².